The third-order valence-corrected chi connectivity index (χ3v) is 3.48. The molecule has 1 aromatic heterocycles. The molecule has 0 fully saturated rings. The van der Waals surface area contributed by atoms with Gasteiger partial charge < -0.3 is 5.32 Å². The van der Waals surface area contributed by atoms with Crippen molar-refractivity contribution in [3.63, 3.8) is 0 Å². The first kappa shape index (κ1) is 12.4. The predicted octanol–water partition coefficient (Wildman–Crippen LogP) is 4.44. The SMILES string of the molecule is CCCNc1c(C)c(C)nc2ccc(Br)cc12. The standard InChI is InChI=1S/C14H17BrN2/c1-4-7-16-14-9(2)10(3)17-13-6-5-11(15)8-12(13)14/h5-6,8H,4,7H2,1-3H3,(H,16,17). The largest absolute Gasteiger partial charge is 0.384 e. The maximum Gasteiger partial charge on any atom is 0.0726 e. The van der Waals surface area contributed by atoms with Gasteiger partial charge in [-0.15, -0.1) is 0 Å². The first-order chi connectivity index (χ1) is 8.13. The lowest BCUT2D eigenvalue weighted by Crippen LogP contribution is -2.04. The summed E-state index contributed by atoms with van der Waals surface area (Å²) >= 11 is 3.52. The fraction of sp³-hybridized carbons (Fsp3) is 0.357. The molecule has 2 aromatic rings. The Morgan fingerprint density at radius 3 is 2.76 bits per heavy atom. The molecule has 0 amide bonds. The van der Waals surface area contributed by atoms with Gasteiger partial charge in [-0.05, 0) is 44.0 Å². The molecule has 0 radical (unpaired) electrons. The lowest BCUT2D eigenvalue weighted by Gasteiger charge is -2.14. The molecule has 0 saturated heterocycles. The van der Waals surface area contributed by atoms with Crippen LogP contribution in [0.15, 0.2) is 22.7 Å². The highest BCUT2D eigenvalue weighted by Crippen LogP contribution is 2.30. The Kier molecular flexibility index (Phi) is 3.67. The van der Waals surface area contributed by atoms with Crippen molar-refractivity contribution in [1.29, 1.82) is 0 Å². The highest BCUT2D eigenvalue weighted by molar-refractivity contribution is 9.10. The molecule has 3 heteroatoms. The number of pyridine rings is 1. The van der Waals surface area contributed by atoms with Crippen LogP contribution >= 0.6 is 15.9 Å². The van der Waals surface area contributed by atoms with Gasteiger partial charge in [-0.25, -0.2) is 0 Å². The molecular weight excluding hydrogens is 276 g/mol. The molecule has 1 N–H and O–H groups in total. The second-order valence-electron chi connectivity index (χ2n) is 4.29. The highest BCUT2D eigenvalue weighted by Gasteiger charge is 2.08. The zero-order valence-corrected chi connectivity index (χ0v) is 12.1. The van der Waals surface area contributed by atoms with Crippen molar-refractivity contribution in [2.75, 3.05) is 11.9 Å². The zero-order chi connectivity index (χ0) is 12.4. The molecule has 0 aliphatic heterocycles. The van der Waals surface area contributed by atoms with Crippen molar-refractivity contribution in [3.05, 3.63) is 33.9 Å². The summed E-state index contributed by atoms with van der Waals surface area (Å²) in [7, 11) is 0. The van der Waals surface area contributed by atoms with Gasteiger partial charge in [0.15, 0.2) is 0 Å². The first-order valence-corrected chi connectivity index (χ1v) is 6.73. The van der Waals surface area contributed by atoms with E-state index in [4.69, 9.17) is 0 Å². The fourth-order valence-corrected chi connectivity index (χ4v) is 2.29. The van der Waals surface area contributed by atoms with Crippen LogP contribution in [0.25, 0.3) is 10.9 Å². The van der Waals surface area contributed by atoms with E-state index in [-0.39, 0.29) is 0 Å². The molecule has 0 atom stereocenters. The third kappa shape index (κ3) is 2.44. The van der Waals surface area contributed by atoms with Crippen LogP contribution in [0.4, 0.5) is 5.69 Å². The van der Waals surface area contributed by atoms with Gasteiger partial charge in [-0.2, -0.15) is 0 Å². The highest BCUT2D eigenvalue weighted by atomic mass is 79.9. The van der Waals surface area contributed by atoms with Gasteiger partial charge >= 0.3 is 0 Å². The molecule has 0 spiro atoms. The summed E-state index contributed by atoms with van der Waals surface area (Å²) in [6, 6.07) is 6.23. The van der Waals surface area contributed by atoms with E-state index in [1.165, 1.54) is 16.6 Å². The van der Waals surface area contributed by atoms with Gasteiger partial charge in [0.05, 0.1) is 5.52 Å². The lowest BCUT2D eigenvalue weighted by atomic mass is 10.1. The number of halogens is 1. The number of aromatic nitrogens is 1. The number of fused-ring (bicyclic) bond motifs is 1. The van der Waals surface area contributed by atoms with Gasteiger partial charge in [0, 0.05) is 27.8 Å². The minimum atomic E-state index is 0.992. The Morgan fingerprint density at radius 1 is 1.29 bits per heavy atom. The second-order valence-corrected chi connectivity index (χ2v) is 5.20. The van der Waals surface area contributed by atoms with E-state index in [9.17, 15) is 0 Å². The van der Waals surface area contributed by atoms with Crippen LogP contribution in [0, 0.1) is 13.8 Å². The van der Waals surface area contributed by atoms with Crippen LogP contribution in [0.3, 0.4) is 0 Å². The molecule has 0 aliphatic carbocycles. The Hall–Kier alpha value is -1.09. The third-order valence-electron chi connectivity index (χ3n) is 2.99. The number of nitrogens with one attached hydrogen (secondary N) is 1. The van der Waals surface area contributed by atoms with Crippen LogP contribution < -0.4 is 5.32 Å². The Balaban J connectivity index is 2.66. The summed E-state index contributed by atoms with van der Waals surface area (Å²) < 4.78 is 1.09. The van der Waals surface area contributed by atoms with Crippen molar-refractivity contribution in [2.24, 2.45) is 0 Å². The van der Waals surface area contributed by atoms with Crippen LogP contribution in [-0.4, -0.2) is 11.5 Å². The average molecular weight is 293 g/mol. The fourth-order valence-electron chi connectivity index (χ4n) is 1.93. The Bertz CT molecular complexity index is 549. The van der Waals surface area contributed by atoms with Gasteiger partial charge in [0.2, 0.25) is 0 Å². The summed E-state index contributed by atoms with van der Waals surface area (Å²) in [6.07, 6.45) is 1.12. The molecular formula is C14H17BrN2. The van der Waals surface area contributed by atoms with Crippen molar-refractivity contribution in [2.45, 2.75) is 27.2 Å². The van der Waals surface area contributed by atoms with E-state index in [0.717, 1.165) is 28.6 Å². The Morgan fingerprint density at radius 2 is 2.06 bits per heavy atom. The summed E-state index contributed by atoms with van der Waals surface area (Å²) in [5.41, 5.74) is 4.60. The smallest absolute Gasteiger partial charge is 0.0726 e. The molecule has 0 saturated carbocycles. The molecule has 0 unspecified atom stereocenters. The summed E-state index contributed by atoms with van der Waals surface area (Å²) in [4.78, 5) is 4.62. The van der Waals surface area contributed by atoms with Crippen molar-refractivity contribution < 1.29 is 0 Å². The number of nitrogens with zero attached hydrogens (tertiary/aromatic N) is 1. The number of hydrogen-bond acceptors (Lipinski definition) is 2. The number of hydrogen-bond donors (Lipinski definition) is 1. The van der Waals surface area contributed by atoms with Gasteiger partial charge in [-0.1, -0.05) is 22.9 Å². The molecule has 0 bridgehead atoms. The molecule has 2 nitrogen and oxygen atoms in total. The molecule has 2 rings (SSSR count). The minimum absolute atomic E-state index is 0.992. The number of rotatable bonds is 3. The first-order valence-electron chi connectivity index (χ1n) is 5.93. The summed E-state index contributed by atoms with van der Waals surface area (Å²) in [5, 5.41) is 4.70. The van der Waals surface area contributed by atoms with E-state index in [0.29, 0.717) is 0 Å². The van der Waals surface area contributed by atoms with Gasteiger partial charge in [0.1, 0.15) is 0 Å². The summed E-state index contributed by atoms with van der Waals surface area (Å²) in [6.45, 7) is 7.36. The van der Waals surface area contributed by atoms with Crippen molar-refractivity contribution in [1.82, 2.24) is 4.98 Å². The second kappa shape index (κ2) is 5.05. The normalized spacial score (nSPS) is 10.8. The van der Waals surface area contributed by atoms with E-state index in [2.05, 4.69) is 59.1 Å². The lowest BCUT2D eigenvalue weighted by molar-refractivity contribution is 0.977. The molecule has 90 valence electrons. The quantitative estimate of drug-likeness (QED) is 0.905. The topological polar surface area (TPSA) is 24.9 Å². The maximum atomic E-state index is 4.62. The number of benzene rings is 1. The van der Waals surface area contributed by atoms with E-state index < -0.39 is 0 Å². The van der Waals surface area contributed by atoms with E-state index in [1.807, 2.05) is 6.07 Å². The monoisotopic (exact) mass is 292 g/mol. The molecule has 17 heavy (non-hydrogen) atoms. The van der Waals surface area contributed by atoms with Crippen LogP contribution in [0.2, 0.25) is 0 Å². The summed E-state index contributed by atoms with van der Waals surface area (Å²) in [5.74, 6) is 0. The van der Waals surface area contributed by atoms with Crippen molar-refractivity contribution in [3.8, 4) is 0 Å². The molecule has 1 heterocycles. The maximum absolute atomic E-state index is 4.62. The predicted molar refractivity (Wildman–Crippen MR) is 77.7 cm³/mol. The van der Waals surface area contributed by atoms with E-state index in [1.54, 1.807) is 0 Å². The minimum Gasteiger partial charge on any atom is -0.384 e. The molecule has 0 aliphatic rings. The molecule has 1 aromatic carbocycles. The average Bonchev–Trinajstić information content (AvgIpc) is 2.31. The van der Waals surface area contributed by atoms with Gasteiger partial charge in [-0.3, -0.25) is 4.98 Å². The Labute approximate surface area is 111 Å². The van der Waals surface area contributed by atoms with Crippen molar-refractivity contribution >= 4 is 32.5 Å². The van der Waals surface area contributed by atoms with Crippen LogP contribution in [0.5, 0.6) is 0 Å². The number of anilines is 1. The number of aryl methyl sites for hydroxylation is 1. The van der Waals surface area contributed by atoms with Crippen LogP contribution in [-0.2, 0) is 0 Å². The van der Waals surface area contributed by atoms with E-state index >= 15 is 0 Å². The zero-order valence-electron chi connectivity index (χ0n) is 10.5. The van der Waals surface area contributed by atoms with Crippen LogP contribution in [0.1, 0.15) is 24.6 Å². The van der Waals surface area contributed by atoms with Gasteiger partial charge in [0.25, 0.3) is 0 Å².